The lowest BCUT2D eigenvalue weighted by molar-refractivity contribution is -0.156. The van der Waals surface area contributed by atoms with Crippen LogP contribution in [-0.2, 0) is 16.0 Å². The molecule has 0 fully saturated rings. The molecule has 0 saturated carbocycles. The van der Waals surface area contributed by atoms with Gasteiger partial charge in [-0.15, -0.1) is 0 Å². The molecule has 0 aromatic heterocycles. The predicted octanol–water partition coefficient (Wildman–Crippen LogP) is 2.97. The first-order valence-electron chi connectivity index (χ1n) is 5.93. The standard InChI is InChI=1S/C14H20BrNO2/c1-9-10(6-5-7-11(9)15)8-12(16)13(17)18-14(2,3)4/h5-7,12H,8,16H2,1-4H3/t12-/m0/s1. The Bertz CT molecular complexity index is 438. The van der Waals surface area contributed by atoms with Gasteiger partial charge in [0.25, 0.3) is 0 Å². The van der Waals surface area contributed by atoms with E-state index in [4.69, 9.17) is 10.5 Å². The molecule has 0 heterocycles. The first-order chi connectivity index (χ1) is 8.20. The van der Waals surface area contributed by atoms with Crippen molar-refractivity contribution < 1.29 is 9.53 Å². The minimum absolute atomic E-state index is 0.359. The van der Waals surface area contributed by atoms with Crippen LogP contribution in [-0.4, -0.2) is 17.6 Å². The lowest BCUT2D eigenvalue weighted by Crippen LogP contribution is -2.38. The summed E-state index contributed by atoms with van der Waals surface area (Å²) in [6.45, 7) is 7.51. The Hall–Kier alpha value is -0.870. The van der Waals surface area contributed by atoms with Gasteiger partial charge in [0.1, 0.15) is 11.6 Å². The van der Waals surface area contributed by atoms with E-state index in [0.717, 1.165) is 15.6 Å². The van der Waals surface area contributed by atoms with Crippen molar-refractivity contribution in [3.8, 4) is 0 Å². The van der Waals surface area contributed by atoms with Gasteiger partial charge in [-0.1, -0.05) is 28.1 Å². The maximum absolute atomic E-state index is 11.8. The second-order valence-corrected chi connectivity index (χ2v) is 6.22. The van der Waals surface area contributed by atoms with Crippen LogP contribution in [0.1, 0.15) is 31.9 Å². The fourth-order valence-corrected chi connectivity index (χ4v) is 1.98. The maximum atomic E-state index is 11.8. The molecule has 3 nitrogen and oxygen atoms in total. The SMILES string of the molecule is Cc1c(Br)cccc1C[C@H](N)C(=O)OC(C)(C)C. The molecule has 0 bridgehead atoms. The van der Waals surface area contributed by atoms with Crippen LogP contribution in [0.25, 0.3) is 0 Å². The number of carbonyl (C=O) groups is 1. The number of halogens is 1. The Balaban J connectivity index is 2.73. The Kier molecular flexibility index (Phi) is 4.93. The van der Waals surface area contributed by atoms with E-state index in [1.807, 2.05) is 45.9 Å². The maximum Gasteiger partial charge on any atom is 0.323 e. The van der Waals surface area contributed by atoms with Crippen LogP contribution in [0.15, 0.2) is 22.7 Å². The topological polar surface area (TPSA) is 52.3 Å². The molecule has 1 aromatic carbocycles. The molecule has 18 heavy (non-hydrogen) atoms. The van der Waals surface area contributed by atoms with Gasteiger partial charge in [-0.05, 0) is 51.3 Å². The number of esters is 1. The number of hydrogen-bond acceptors (Lipinski definition) is 3. The van der Waals surface area contributed by atoms with Crippen molar-refractivity contribution in [3.05, 3.63) is 33.8 Å². The number of hydrogen-bond donors (Lipinski definition) is 1. The lowest BCUT2D eigenvalue weighted by Gasteiger charge is -2.22. The molecule has 1 rings (SSSR count). The second kappa shape index (κ2) is 5.85. The summed E-state index contributed by atoms with van der Waals surface area (Å²) in [5.41, 5.74) is 7.55. The van der Waals surface area contributed by atoms with Crippen LogP contribution in [0, 0.1) is 6.92 Å². The quantitative estimate of drug-likeness (QED) is 0.873. The fourth-order valence-electron chi connectivity index (χ4n) is 1.57. The zero-order valence-electron chi connectivity index (χ0n) is 11.3. The van der Waals surface area contributed by atoms with E-state index < -0.39 is 11.6 Å². The number of ether oxygens (including phenoxy) is 1. The number of nitrogens with two attached hydrogens (primary N) is 1. The molecular formula is C14H20BrNO2. The molecule has 0 aliphatic rings. The van der Waals surface area contributed by atoms with Crippen molar-refractivity contribution in [2.24, 2.45) is 5.73 Å². The van der Waals surface area contributed by atoms with Crippen molar-refractivity contribution in [1.82, 2.24) is 0 Å². The molecule has 1 atom stereocenters. The van der Waals surface area contributed by atoms with Crippen LogP contribution >= 0.6 is 15.9 Å². The highest BCUT2D eigenvalue weighted by Gasteiger charge is 2.22. The molecule has 2 N–H and O–H groups in total. The highest BCUT2D eigenvalue weighted by Crippen LogP contribution is 2.20. The third-order valence-corrected chi connectivity index (χ3v) is 3.39. The number of benzene rings is 1. The second-order valence-electron chi connectivity index (χ2n) is 5.37. The van der Waals surface area contributed by atoms with Crippen LogP contribution in [0.3, 0.4) is 0 Å². The smallest absolute Gasteiger partial charge is 0.323 e. The van der Waals surface area contributed by atoms with Gasteiger partial charge in [0.2, 0.25) is 0 Å². The average Bonchev–Trinajstić information content (AvgIpc) is 2.22. The Morgan fingerprint density at radius 1 is 1.44 bits per heavy atom. The summed E-state index contributed by atoms with van der Waals surface area (Å²) in [6.07, 6.45) is 0.486. The molecule has 0 aliphatic carbocycles. The lowest BCUT2D eigenvalue weighted by atomic mass is 10.0. The van der Waals surface area contributed by atoms with Crippen LogP contribution in [0.2, 0.25) is 0 Å². The largest absolute Gasteiger partial charge is 0.459 e. The van der Waals surface area contributed by atoms with E-state index in [9.17, 15) is 4.79 Å². The van der Waals surface area contributed by atoms with Crippen molar-refractivity contribution in [2.75, 3.05) is 0 Å². The zero-order chi connectivity index (χ0) is 13.9. The highest BCUT2D eigenvalue weighted by atomic mass is 79.9. The molecule has 0 radical (unpaired) electrons. The summed E-state index contributed by atoms with van der Waals surface area (Å²) in [4.78, 5) is 11.8. The van der Waals surface area contributed by atoms with Gasteiger partial charge in [0, 0.05) is 4.47 Å². The first-order valence-corrected chi connectivity index (χ1v) is 6.72. The molecule has 0 spiro atoms. The van der Waals surface area contributed by atoms with Crippen LogP contribution in [0.5, 0.6) is 0 Å². The van der Waals surface area contributed by atoms with Gasteiger partial charge in [-0.2, -0.15) is 0 Å². The monoisotopic (exact) mass is 313 g/mol. The van der Waals surface area contributed by atoms with E-state index >= 15 is 0 Å². The zero-order valence-corrected chi connectivity index (χ0v) is 12.9. The van der Waals surface area contributed by atoms with E-state index in [1.165, 1.54) is 0 Å². The van der Waals surface area contributed by atoms with Gasteiger partial charge in [0.05, 0.1) is 0 Å². The van der Waals surface area contributed by atoms with Gasteiger partial charge in [-0.3, -0.25) is 4.79 Å². The molecule has 0 unspecified atom stereocenters. The summed E-state index contributed by atoms with van der Waals surface area (Å²) in [5, 5.41) is 0. The molecule has 0 amide bonds. The van der Waals surface area contributed by atoms with Gasteiger partial charge >= 0.3 is 5.97 Å². The molecule has 0 saturated heterocycles. The molecule has 1 aromatic rings. The minimum atomic E-state index is -0.628. The summed E-state index contributed by atoms with van der Waals surface area (Å²) < 4.78 is 6.29. The third kappa shape index (κ3) is 4.42. The van der Waals surface area contributed by atoms with Crippen molar-refractivity contribution >= 4 is 21.9 Å². The highest BCUT2D eigenvalue weighted by molar-refractivity contribution is 9.10. The van der Waals surface area contributed by atoms with Gasteiger partial charge < -0.3 is 10.5 Å². The predicted molar refractivity (Wildman–Crippen MR) is 76.4 cm³/mol. The van der Waals surface area contributed by atoms with E-state index in [-0.39, 0.29) is 5.97 Å². The van der Waals surface area contributed by atoms with Gasteiger partial charge in [-0.25, -0.2) is 0 Å². The Morgan fingerprint density at radius 2 is 2.06 bits per heavy atom. The summed E-state index contributed by atoms with van der Waals surface area (Å²) >= 11 is 3.46. The summed E-state index contributed by atoms with van der Waals surface area (Å²) in [6, 6.07) is 5.26. The average molecular weight is 314 g/mol. The summed E-state index contributed by atoms with van der Waals surface area (Å²) in [5.74, 6) is -0.359. The van der Waals surface area contributed by atoms with Crippen LogP contribution in [0.4, 0.5) is 0 Å². The third-order valence-electron chi connectivity index (χ3n) is 2.53. The summed E-state index contributed by atoms with van der Waals surface area (Å²) in [7, 11) is 0. The van der Waals surface area contributed by atoms with Crippen molar-refractivity contribution in [1.29, 1.82) is 0 Å². The fraction of sp³-hybridized carbons (Fsp3) is 0.500. The number of carbonyl (C=O) groups excluding carboxylic acids is 1. The van der Waals surface area contributed by atoms with Gasteiger partial charge in [0.15, 0.2) is 0 Å². The Morgan fingerprint density at radius 3 is 2.61 bits per heavy atom. The molecule has 4 heteroatoms. The van der Waals surface area contributed by atoms with E-state index in [0.29, 0.717) is 6.42 Å². The van der Waals surface area contributed by atoms with Crippen molar-refractivity contribution in [2.45, 2.75) is 45.8 Å². The first kappa shape index (κ1) is 15.2. The van der Waals surface area contributed by atoms with E-state index in [1.54, 1.807) is 0 Å². The van der Waals surface area contributed by atoms with Crippen LogP contribution < -0.4 is 5.73 Å². The number of rotatable bonds is 3. The van der Waals surface area contributed by atoms with E-state index in [2.05, 4.69) is 15.9 Å². The molecule has 0 aliphatic heterocycles. The van der Waals surface area contributed by atoms with Crippen molar-refractivity contribution in [3.63, 3.8) is 0 Å². The minimum Gasteiger partial charge on any atom is -0.459 e. The molecule has 100 valence electrons. The molecular weight excluding hydrogens is 294 g/mol. The Labute approximate surface area is 117 Å². The normalized spacial score (nSPS) is 13.2.